The van der Waals surface area contributed by atoms with Gasteiger partial charge in [0.2, 0.25) is 0 Å². The average molecular weight is 360 g/mol. The molecule has 114 valence electrons. The Bertz CT molecular complexity index is 685. The quantitative estimate of drug-likeness (QED) is 0.881. The summed E-state index contributed by atoms with van der Waals surface area (Å²) in [7, 11) is 0. The maximum Gasteiger partial charge on any atom is 0.262 e. The number of halogens is 1. The first-order chi connectivity index (χ1) is 10.7. The normalized spacial score (nSPS) is 13.3. The minimum Gasteiger partial charge on any atom is -0.484 e. The molecule has 0 saturated heterocycles. The van der Waals surface area contributed by atoms with Gasteiger partial charge >= 0.3 is 0 Å². The summed E-state index contributed by atoms with van der Waals surface area (Å²) in [6.07, 6.45) is 4.76. The van der Waals surface area contributed by atoms with Crippen molar-refractivity contribution in [3.8, 4) is 5.75 Å². The second kappa shape index (κ2) is 6.97. The molecule has 0 aromatic heterocycles. The summed E-state index contributed by atoms with van der Waals surface area (Å²) in [5.41, 5.74) is 3.52. The van der Waals surface area contributed by atoms with Gasteiger partial charge in [-0.1, -0.05) is 18.2 Å². The summed E-state index contributed by atoms with van der Waals surface area (Å²) in [5, 5.41) is 2.83. The molecule has 3 nitrogen and oxygen atoms in total. The fourth-order valence-corrected chi connectivity index (χ4v) is 3.08. The summed E-state index contributed by atoms with van der Waals surface area (Å²) in [6.45, 7) is 0.0140. The number of amides is 1. The summed E-state index contributed by atoms with van der Waals surface area (Å²) in [5.74, 6) is 0.604. The molecule has 0 atom stereocenters. The van der Waals surface area contributed by atoms with E-state index >= 15 is 0 Å². The van der Waals surface area contributed by atoms with Crippen molar-refractivity contribution < 1.29 is 9.53 Å². The Hall–Kier alpha value is -1.81. The highest BCUT2D eigenvalue weighted by atomic mass is 79.9. The van der Waals surface area contributed by atoms with Gasteiger partial charge < -0.3 is 10.1 Å². The van der Waals surface area contributed by atoms with Crippen LogP contribution in [0.3, 0.4) is 0 Å². The van der Waals surface area contributed by atoms with E-state index in [0.717, 1.165) is 28.8 Å². The number of benzene rings is 2. The third-order valence-electron chi connectivity index (χ3n) is 3.84. The van der Waals surface area contributed by atoms with Crippen molar-refractivity contribution in [2.24, 2.45) is 0 Å². The summed E-state index contributed by atoms with van der Waals surface area (Å²) in [6, 6.07) is 13.7. The van der Waals surface area contributed by atoms with Gasteiger partial charge in [0.1, 0.15) is 5.75 Å². The van der Waals surface area contributed by atoms with E-state index in [2.05, 4.69) is 33.4 Å². The lowest BCUT2D eigenvalue weighted by atomic mass is 9.92. The third-order valence-corrected chi connectivity index (χ3v) is 4.53. The Morgan fingerprint density at radius 1 is 1.09 bits per heavy atom. The molecule has 0 bridgehead atoms. The molecule has 2 aromatic rings. The molecule has 2 aromatic carbocycles. The number of hydrogen-bond donors (Lipinski definition) is 1. The van der Waals surface area contributed by atoms with Gasteiger partial charge in [0, 0.05) is 4.47 Å². The molecule has 0 spiro atoms. The van der Waals surface area contributed by atoms with Crippen molar-refractivity contribution in [2.45, 2.75) is 25.7 Å². The maximum absolute atomic E-state index is 12.0. The van der Waals surface area contributed by atoms with E-state index in [-0.39, 0.29) is 12.5 Å². The zero-order valence-corrected chi connectivity index (χ0v) is 13.9. The lowest BCUT2D eigenvalue weighted by Crippen LogP contribution is -2.20. The lowest BCUT2D eigenvalue weighted by molar-refractivity contribution is -0.118. The van der Waals surface area contributed by atoms with Crippen LogP contribution in [-0.2, 0) is 17.6 Å². The fourth-order valence-electron chi connectivity index (χ4n) is 2.70. The SMILES string of the molecule is O=C(COc1ccc2c(c1)CCCC2)Nc1ccccc1Br. The standard InChI is InChI=1S/C18H18BrNO2/c19-16-7-3-4-8-17(16)20-18(21)12-22-15-10-9-13-5-1-2-6-14(13)11-15/h3-4,7-11H,1-2,5-6,12H2,(H,20,21). The van der Waals surface area contributed by atoms with E-state index in [4.69, 9.17) is 4.74 Å². The van der Waals surface area contributed by atoms with E-state index < -0.39 is 0 Å². The van der Waals surface area contributed by atoms with Crippen molar-refractivity contribution in [1.82, 2.24) is 0 Å². The Morgan fingerprint density at radius 3 is 2.68 bits per heavy atom. The number of carbonyl (C=O) groups is 1. The van der Waals surface area contributed by atoms with E-state index in [1.54, 1.807) is 0 Å². The van der Waals surface area contributed by atoms with E-state index in [0.29, 0.717) is 0 Å². The topological polar surface area (TPSA) is 38.3 Å². The largest absolute Gasteiger partial charge is 0.484 e. The number of hydrogen-bond acceptors (Lipinski definition) is 2. The Balaban J connectivity index is 1.58. The molecule has 0 saturated carbocycles. The maximum atomic E-state index is 12.0. The van der Waals surface area contributed by atoms with Gasteiger partial charge in [-0.05, 0) is 77.0 Å². The third kappa shape index (κ3) is 3.69. The summed E-state index contributed by atoms with van der Waals surface area (Å²) < 4.78 is 6.48. The molecule has 0 unspecified atom stereocenters. The highest BCUT2D eigenvalue weighted by Crippen LogP contribution is 2.25. The van der Waals surface area contributed by atoms with Crippen LogP contribution in [-0.4, -0.2) is 12.5 Å². The Morgan fingerprint density at radius 2 is 1.86 bits per heavy atom. The van der Waals surface area contributed by atoms with Gasteiger partial charge in [-0.25, -0.2) is 0 Å². The molecule has 1 amide bonds. The van der Waals surface area contributed by atoms with E-state index in [1.165, 1.54) is 24.0 Å². The Kier molecular flexibility index (Phi) is 4.78. The fraction of sp³-hybridized carbons (Fsp3) is 0.278. The predicted octanol–water partition coefficient (Wildman–Crippen LogP) is 4.35. The summed E-state index contributed by atoms with van der Waals surface area (Å²) >= 11 is 3.41. The Labute approximate surface area is 138 Å². The molecule has 4 heteroatoms. The van der Waals surface area contributed by atoms with Gasteiger partial charge in [0.25, 0.3) is 5.91 Å². The highest BCUT2D eigenvalue weighted by Gasteiger charge is 2.11. The molecule has 1 aliphatic carbocycles. The molecule has 3 rings (SSSR count). The zero-order chi connectivity index (χ0) is 15.4. The number of fused-ring (bicyclic) bond motifs is 1. The van der Waals surface area contributed by atoms with Crippen LogP contribution >= 0.6 is 15.9 Å². The van der Waals surface area contributed by atoms with Crippen LogP contribution in [0.4, 0.5) is 5.69 Å². The van der Waals surface area contributed by atoms with Gasteiger partial charge in [-0.2, -0.15) is 0 Å². The molecule has 22 heavy (non-hydrogen) atoms. The van der Waals surface area contributed by atoms with Crippen LogP contribution in [0.5, 0.6) is 5.75 Å². The average Bonchev–Trinajstić information content (AvgIpc) is 2.55. The monoisotopic (exact) mass is 359 g/mol. The van der Waals surface area contributed by atoms with Gasteiger partial charge in [0.15, 0.2) is 6.61 Å². The van der Waals surface area contributed by atoms with Gasteiger partial charge in [-0.3, -0.25) is 4.79 Å². The van der Waals surface area contributed by atoms with Crippen molar-refractivity contribution in [1.29, 1.82) is 0 Å². The smallest absolute Gasteiger partial charge is 0.262 e. The molecular formula is C18H18BrNO2. The number of nitrogens with one attached hydrogen (secondary N) is 1. The number of rotatable bonds is 4. The van der Waals surface area contributed by atoms with Crippen molar-refractivity contribution in [3.63, 3.8) is 0 Å². The van der Waals surface area contributed by atoms with Crippen molar-refractivity contribution >= 4 is 27.5 Å². The lowest BCUT2D eigenvalue weighted by Gasteiger charge is -2.16. The molecule has 1 N–H and O–H groups in total. The van der Waals surface area contributed by atoms with E-state index in [1.807, 2.05) is 30.3 Å². The highest BCUT2D eigenvalue weighted by molar-refractivity contribution is 9.10. The number of anilines is 1. The zero-order valence-electron chi connectivity index (χ0n) is 12.3. The predicted molar refractivity (Wildman–Crippen MR) is 91.4 cm³/mol. The van der Waals surface area contributed by atoms with Crippen molar-refractivity contribution in [2.75, 3.05) is 11.9 Å². The molecule has 0 fully saturated rings. The first-order valence-corrected chi connectivity index (χ1v) is 8.30. The van der Waals surface area contributed by atoms with Crippen LogP contribution in [0.2, 0.25) is 0 Å². The molecule has 1 aliphatic rings. The van der Waals surface area contributed by atoms with E-state index in [9.17, 15) is 4.79 Å². The van der Waals surface area contributed by atoms with Crippen LogP contribution in [0.15, 0.2) is 46.9 Å². The van der Waals surface area contributed by atoms with Crippen molar-refractivity contribution in [3.05, 3.63) is 58.1 Å². The summed E-state index contributed by atoms with van der Waals surface area (Å²) in [4.78, 5) is 12.0. The van der Waals surface area contributed by atoms with Crippen LogP contribution < -0.4 is 10.1 Å². The van der Waals surface area contributed by atoms with Crippen LogP contribution in [0.25, 0.3) is 0 Å². The number of aryl methyl sites for hydroxylation is 2. The second-order valence-electron chi connectivity index (χ2n) is 5.45. The molecule has 0 radical (unpaired) electrons. The first kappa shape index (κ1) is 15.1. The van der Waals surface area contributed by atoms with Crippen LogP contribution in [0, 0.1) is 0 Å². The first-order valence-electron chi connectivity index (χ1n) is 7.51. The second-order valence-corrected chi connectivity index (χ2v) is 6.31. The minimum atomic E-state index is -0.162. The number of ether oxygens (including phenoxy) is 1. The van der Waals surface area contributed by atoms with Crippen LogP contribution in [0.1, 0.15) is 24.0 Å². The molecular weight excluding hydrogens is 342 g/mol. The van der Waals surface area contributed by atoms with Gasteiger partial charge in [-0.15, -0.1) is 0 Å². The molecule has 0 aliphatic heterocycles. The van der Waals surface area contributed by atoms with Gasteiger partial charge in [0.05, 0.1) is 5.69 Å². The number of para-hydroxylation sites is 1. The minimum absolute atomic E-state index is 0.0140. The molecule has 0 heterocycles. The number of carbonyl (C=O) groups excluding carboxylic acids is 1.